The molecule has 0 amide bonds. The maximum atomic E-state index is 12.0. The monoisotopic (exact) mass is 450 g/mol. The first-order valence-corrected chi connectivity index (χ1v) is 16.5. The Hall–Kier alpha value is -1.54. The van der Waals surface area contributed by atoms with Gasteiger partial charge in [-0.3, -0.25) is 4.79 Å². The number of hydrogen-bond donors (Lipinski definition) is 1. The molecule has 1 rings (SSSR count). The van der Waals surface area contributed by atoms with Gasteiger partial charge in [0.2, 0.25) is 8.32 Å². The smallest absolute Gasteiger partial charge is 0.250 e. The topological polar surface area (TPSA) is 55.8 Å². The van der Waals surface area contributed by atoms with Gasteiger partial charge < -0.3 is 14.0 Å². The summed E-state index contributed by atoms with van der Waals surface area (Å²) in [7, 11) is -4.38. The van der Waals surface area contributed by atoms with Crippen molar-refractivity contribution < 1.29 is 18.8 Å². The van der Waals surface area contributed by atoms with Crippen LogP contribution in [0.15, 0.2) is 17.7 Å². The molecule has 6 heteroatoms. The molecule has 0 heterocycles. The van der Waals surface area contributed by atoms with Gasteiger partial charge in [-0.2, -0.15) is 0 Å². The fourth-order valence-electron chi connectivity index (χ4n) is 2.33. The van der Waals surface area contributed by atoms with Crippen molar-refractivity contribution in [3.63, 3.8) is 0 Å². The molecule has 0 saturated heterocycles. The van der Waals surface area contributed by atoms with Crippen LogP contribution in [0.3, 0.4) is 0 Å². The highest BCUT2D eigenvalue weighted by molar-refractivity contribution is 6.75. The highest BCUT2D eigenvalue weighted by Gasteiger charge is 2.42. The molecule has 1 aromatic carbocycles. The Morgan fingerprint density at radius 3 is 1.73 bits per heavy atom. The van der Waals surface area contributed by atoms with Gasteiger partial charge in [-0.15, -0.1) is 0 Å². The highest BCUT2D eigenvalue weighted by atomic mass is 28.4. The van der Waals surface area contributed by atoms with Crippen molar-refractivity contribution in [3.8, 4) is 17.2 Å². The zero-order valence-corrected chi connectivity index (χ0v) is 23.1. The zero-order valence-electron chi connectivity index (χ0n) is 21.1. The van der Waals surface area contributed by atoms with Crippen LogP contribution in [0.25, 0.3) is 0 Å². The van der Waals surface area contributed by atoms with E-state index in [-0.39, 0.29) is 21.4 Å². The molecule has 0 atom stereocenters. The van der Waals surface area contributed by atoms with Gasteiger partial charge in [0.1, 0.15) is 17.2 Å². The van der Waals surface area contributed by atoms with E-state index in [0.717, 1.165) is 5.57 Å². The molecular weight excluding hydrogens is 408 g/mol. The summed E-state index contributed by atoms with van der Waals surface area (Å²) in [5.74, 6) is 1.01. The average molecular weight is 451 g/mol. The van der Waals surface area contributed by atoms with Gasteiger partial charge in [-0.1, -0.05) is 53.2 Å². The van der Waals surface area contributed by atoms with E-state index < -0.39 is 16.6 Å². The van der Waals surface area contributed by atoms with Crippen molar-refractivity contribution in [3.05, 3.63) is 28.8 Å². The van der Waals surface area contributed by atoms with E-state index in [4.69, 9.17) is 8.85 Å². The average Bonchev–Trinajstić information content (AvgIpc) is 2.51. The Labute approximate surface area is 186 Å². The number of phenolic OH excluding ortho intramolecular Hbond substituents is 1. The molecule has 0 aromatic heterocycles. The summed E-state index contributed by atoms with van der Waals surface area (Å²) in [6.45, 7) is 25.6. The molecule has 0 aliphatic rings. The number of aromatic hydroxyl groups is 1. The van der Waals surface area contributed by atoms with Gasteiger partial charge in [0, 0.05) is 11.6 Å². The highest BCUT2D eigenvalue weighted by Crippen LogP contribution is 2.45. The van der Waals surface area contributed by atoms with Crippen LogP contribution in [0.2, 0.25) is 36.3 Å². The maximum Gasteiger partial charge on any atom is 0.250 e. The van der Waals surface area contributed by atoms with Crippen LogP contribution in [0.4, 0.5) is 0 Å². The lowest BCUT2D eigenvalue weighted by molar-refractivity contribution is 0.111. The minimum absolute atomic E-state index is 0.000181. The second kappa shape index (κ2) is 8.91. The lowest BCUT2D eigenvalue weighted by Crippen LogP contribution is -2.45. The molecule has 1 N–H and O–H groups in total. The first kappa shape index (κ1) is 26.5. The fraction of sp³-hybridized carbons (Fsp3) is 0.625. The van der Waals surface area contributed by atoms with Gasteiger partial charge in [-0.25, -0.2) is 0 Å². The van der Waals surface area contributed by atoms with Crippen LogP contribution in [-0.2, 0) is 6.42 Å². The van der Waals surface area contributed by atoms with Gasteiger partial charge in [-0.05, 0) is 56.5 Å². The summed E-state index contributed by atoms with van der Waals surface area (Å²) in [5.41, 5.74) is 1.99. The number of benzene rings is 1. The summed E-state index contributed by atoms with van der Waals surface area (Å²) in [5, 5.41) is 11.0. The molecule has 4 nitrogen and oxygen atoms in total. The third-order valence-electron chi connectivity index (χ3n) is 6.54. The fourth-order valence-corrected chi connectivity index (χ4v) is 4.39. The van der Waals surface area contributed by atoms with Crippen LogP contribution in [0, 0.1) is 0 Å². The first-order valence-electron chi connectivity index (χ1n) is 10.7. The van der Waals surface area contributed by atoms with Crippen molar-refractivity contribution in [1.82, 2.24) is 0 Å². The van der Waals surface area contributed by atoms with Crippen LogP contribution in [0.1, 0.15) is 71.3 Å². The normalized spacial score (nSPS) is 13.1. The minimum Gasteiger partial charge on any atom is -0.543 e. The van der Waals surface area contributed by atoms with E-state index in [1.54, 1.807) is 0 Å². The minimum atomic E-state index is -2.21. The third-order valence-corrected chi connectivity index (χ3v) is 15.2. The second-order valence-corrected chi connectivity index (χ2v) is 20.9. The molecule has 0 aliphatic carbocycles. The van der Waals surface area contributed by atoms with Gasteiger partial charge in [0.05, 0.1) is 5.56 Å². The number of rotatable bonds is 7. The van der Waals surface area contributed by atoms with Crippen LogP contribution < -0.4 is 8.85 Å². The first-order chi connectivity index (χ1) is 13.3. The molecular formula is C24H42O4Si2. The van der Waals surface area contributed by atoms with Crippen molar-refractivity contribution in [2.24, 2.45) is 0 Å². The SMILES string of the molecule is CC(C)=CCc1c(O[Si](C)(C)C(C)(C)C)cc(O[Si](C)(C)C(C)(C)C)c(C=O)c1O. The Morgan fingerprint density at radius 2 is 1.37 bits per heavy atom. The van der Waals surface area contributed by atoms with Gasteiger partial charge in [0.25, 0.3) is 8.32 Å². The number of hydrogen-bond acceptors (Lipinski definition) is 4. The summed E-state index contributed by atoms with van der Waals surface area (Å²) in [4.78, 5) is 12.0. The van der Waals surface area contributed by atoms with E-state index in [9.17, 15) is 9.90 Å². The predicted octanol–water partition coefficient (Wildman–Crippen LogP) is 7.48. The molecule has 0 spiro atoms. The molecule has 30 heavy (non-hydrogen) atoms. The Bertz CT molecular complexity index is 806. The lowest BCUT2D eigenvalue weighted by atomic mass is 10.0. The Balaban J connectivity index is 3.72. The van der Waals surface area contributed by atoms with Crippen molar-refractivity contribution >= 4 is 22.9 Å². The molecule has 0 radical (unpaired) electrons. The largest absolute Gasteiger partial charge is 0.543 e. The van der Waals surface area contributed by atoms with Crippen LogP contribution in [-0.4, -0.2) is 28.0 Å². The van der Waals surface area contributed by atoms with E-state index >= 15 is 0 Å². The molecule has 0 fully saturated rings. The Morgan fingerprint density at radius 1 is 0.933 bits per heavy atom. The molecule has 0 bridgehead atoms. The maximum absolute atomic E-state index is 12.0. The molecule has 170 valence electrons. The second-order valence-electron chi connectivity index (χ2n) is 11.4. The molecule has 1 aromatic rings. The predicted molar refractivity (Wildman–Crippen MR) is 132 cm³/mol. The van der Waals surface area contributed by atoms with Crippen molar-refractivity contribution in [1.29, 1.82) is 0 Å². The quantitative estimate of drug-likeness (QED) is 0.266. The van der Waals surface area contributed by atoms with Crippen LogP contribution in [0.5, 0.6) is 17.2 Å². The van der Waals surface area contributed by atoms with E-state index in [1.165, 1.54) is 0 Å². The summed E-state index contributed by atoms with van der Waals surface area (Å²) in [6, 6.07) is 1.83. The number of carbonyl (C=O) groups is 1. The van der Waals surface area contributed by atoms with Crippen LogP contribution >= 0.6 is 0 Å². The Kier molecular flexibility index (Phi) is 7.87. The number of phenols is 1. The number of allylic oxidation sites excluding steroid dienone is 2. The zero-order chi connectivity index (χ0) is 23.7. The van der Waals surface area contributed by atoms with Crippen molar-refractivity contribution in [2.45, 2.75) is 98.1 Å². The third kappa shape index (κ3) is 6.00. The molecule has 0 unspecified atom stereocenters. The summed E-state index contributed by atoms with van der Waals surface area (Å²) >= 11 is 0. The summed E-state index contributed by atoms with van der Waals surface area (Å²) < 4.78 is 13.1. The number of carbonyl (C=O) groups excluding carboxylic acids is 1. The summed E-state index contributed by atoms with van der Waals surface area (Å²) in [6.07, 6.45) is 3.23. The molecule has 0 saturated carbocycles. The van der Waals surface area contributed by atoms with E-state index in [2.05, 4.69) is 67.7 Å². The standard InChI is InChI=1S/C24H42O4Si2/c1-17(2)13-14-18-20(27-29(9,10)23(3,4)5)15-21(19(16-25)22(18)26)28-30(11,12)24(6,7)8/h13,15-16,26H,14H2,1-12H3. The van der Waals surface area contributed by atoms with E-state index in [1.807, 2.05) is 26.0 Å². The lowest BCUT2D eigenvalue weighted by Gasteiger charge is -2.39. The van der Waals surface area contributed by atoms with Crippen molar-refractivity contribution in [2.75, 3.05) is 0 Å². The van der Waals surface area contributed by atoms with E-state index in [0.29, 0.717) is 29.8 Å². The number of aldehydes is 1. The molecule has 0 aliphatic heterocycles. The van der Waals surface area contributed by atoms with Gasteiger partial charge in [0.15, 0.2) is 6.29 Å². The van der Waals surface area contributed by atoms with Gasteiger partial charge >= 0.3 is 0 Å².